The van der Waals surface area contributed by atoms with Crippen molar-refractivity contribution in [1.29, 1.82) is 0 Å². The Balaban J connectivity index is 1.18. The second kappa shape index (κ2) is 19.9. The maximum atomic E-state index is 14.2. The van der Waals surface area contributed by atoms with Crippen LogP contribution in [0.5, 0.6) is 0 Å². The molecule has 6 rings (SSSR count). The van der Waals surface area contributed by atoms with Crippen molar-refractivity contribution in [3.05, 3.63) is 132 Å². The minimum absolute atomic E-state index is 0.0445. The van der Waals surface area contributed by atoms with Crippen LogP contribution in [0.2, 0.25) is 0 Å². The summed E-state index contributed by atoms with van der Waals surface area (Å²) in [7, 11) is 1.51. The lowest BCUT2D eigenvalue weighted by Crippen LogP contribution is -2.61. The van der Waals surface area contributed by atoms with Crippen LogP contribution in [0, 0.1) is 11.8 Å². The van der Waals surface area contributed by atoms with E-state index in [-0.39, 0.29) is 51.2 Å². The summed E-state index contributed by atoms with van der Waals surface area (Å²) in [6.45, 7) is 4.32. The predicted molar refractivity (Wildman–Crippen MR) is 205 cm³/mol. The third kappa shape index (κ3) is 10.2. The maximum Gasteiger partial charge on any atom is 0.416 e. The summed E-state index contributed by atoms with van der Waals surface area (Å²) in [5.74, 6) is -1.53. The van der Waals surface area contributed by atoms with Gasteiger partial charge in [0, 0.05) is 7.11 Å². The van der Waals surface area contributed by atoms with E-state index in [4.69, 9.17) is 33.2 Å². The maximum absolute atomic E-state index is 14.2. The van der Waals surface area contributed by atoms with Crippen LogP contribution in [0.1, 0.15) is 37.0 Å². The van der Waals surface area contributed by atoms with Gasteiger partial charge in [-0.25, -0.2) is 9.69 Å². The molecular weight excluding hydrogens is 718 g/mol. The molecule has 2 fully saturated rings. The average Bonchev–Trinajstić information content (AvgIpc) is 3.63. The number of aliphatic hydroxyl groups is 1. The van der Waals surface area contributed by atoms with Gasteiger partial charge in [-0.1, -0.05) is 105 Å². The van der Waals surface area contributed by atoms with Crippen LogP contribution in [0.25, 0.3) is 0 Å². The van der Waals surface area contributed by atoms with Crippen LogP contribution in [0.15, 0.2) is 115 Å². The van der Waals surface area contributed by atoms with E-state index < -0.39 is 60.8 Å². The van der Waals surface area contributed by atoms with E-state index in [1.54, 1.807) is 12.2 Å². The van der Waals surface area contributed by atoms with Gasteiger partial charge in [-0.2, -0.15) is 0 Å². The van der Waals surface area contributed by atoms with Crippen LogP contribution in [-0.2, 0) is 62.4 Å². The zero-order chi connectivity index (χ0) is 39.4. The number of ketones is 1. The molecule has 0 spiro atoms. The largest absolute Gasteiger partial charge is 0.482 e. The summed E-state index contributed by atoms with van der Waals surface area (Å²) >= 11 is 0. The molecule has 2 amide bonds. The van der Waals surface area contributed by atoms with Gasteiger partial charge >= 0.3 is 6.09 Å². The van der Waals surface area contributed by atoms with Crippen LogP contribution in [0.4, 0.5) is 4.79 Å². The molecule has 3 aliphatic rings. The fraction of sp³-hybridized carbons (Fsp3) is 0.432. The normalized spacial score (nSPS) is 26.3. The molecule has 0 unspecified atom stereocenters. The number of benzene rings is 3. The highest BCUT2D eigenvalue weighted by molar-refractivity contribution is 6.02. The van der Waals surface area contributed by atoms with E-state index in [0.717, 1.165) is 21.6 Å². The van der Waals surface area contributed by atoms with E-state index in [0.29, 0.717) is 12.2 Å². The molecule has 0 bridgehead atoms. The zero-order valence-electron chi connectivity index (χ0n) is 32.0. The first kappa shape index (κ1) is 41.0. The van der Waals surface area contributed by atoms with Crippen molar-refractivity contribution in [2.75, 3.05) is 26.9 Å². The molecule has 0 aromatic heterocycles. The topological polar surface area (TPSA) is 139 Å². The number of nitrogens with zero attached hydrogens (tertiary/aromatic N) is 1. The molecule has 0 aliphatic carbocycles. The van der Waals surface area contributed by atoms with Crippen LogP contribution >= 0.6 is 0 Å². The first-order valence-corrected chi connectivity index (χ1v) is 19.1. The molecule has 3 aliphatic heterocycles. The minimum atomic E-state index is -1.17. The van der Waals surface area contributed by atoms with Crippen molar-refractivity contribution >= 4 is 17.8 Å². The number of methoxy groups -OCH3 is 1. The number of amides is 2. The number of carbonyl (C=O) groups is 3. The number of hydrogen-bond acceptors (Lipinski definition) is 11. The van der Waals surface area contributed by atoms with Gasteiger partial charge in [0.05, 0.1) is 38.4 Å². The van der Waals surface area contributed by atoms with Crippen LogP contribution < -0.4 is 0 Å². The van der Waals surface area contributed by atoms with Crippen molar-refractivity contribution in [3.8, 4) is 0 Å². The summed E-state index contributed by atoms with van der Waals surface area (Å²) < 4.78 is 42.8. The molecule has 3 aromatic rings. The highest BCUT2D eigenvalue weighted by atomic mass is 16.7. The average molecular weight is 770 g/mol. The minimum Gasteiger partial charge on any atom is -0.482 e. The van der Waals surface area contributed by atoms with Crippen molar-refractivity contribution in [2.45, 2.75) is 82.8 Å². The molecule has 8 atom stereocenters. The third-order valence-corrected chi connectivity index (χ3v) is 10.2. The summed E-state index contributed by atoms with van der Waals surface area (Å²) in [4.78, 5) is 41.5. The van der Waals surface area contributed by atoms with E-state index >= 15 is 0 Å². The fourth-order valence-electron chi connectivity index (χ4n) is 7.17. The molecule has 1 N–H and O–H groups in total. The van der Waals surface area contributed by atoms with Gasteiger partial charge in [-0.05, 0) is 53.7 Å². The molecule has 2 saturated heterocycles. The first-order chi connectivity index (χ1) is 27.3. The van der Waals surface area contributed by atoms with Gasteiger partial charge in [0.1, 0.15) is 36.8 Å². The predicted octanol–water partition coefficient (Wildman–Crippen LogP) is 5.57. The smallest absolute Gasteiger partial charge is 0.416 e. The Kier molecular flexibility index (Phi) is 14.6. The SMILES string of the molecule is CO[C@H]1O[C@H](CO)[C@@H](OCc2ccccc2)[C@H](OCc2ccccc2)[C@@H]1OCCC=C1C=CC(=O)[C@@H]([C@H](Cc2ccccc2)C(=O)N2C(=O)OC[C@H]2C(C)C)O1. The fourth-order valence-corrected chi connectivity index (χ4v) is 7.17. The van der Waals surface area contributed by atoms with Gasteiger partial charge in [0.2, 0.25) is 5.91 Å². The van der Waals surface area contributed by atoms with Crippen molar-refractivity contribution in [1.82, 2.24) is 4.90 Å². The summed E-state index contributed by atoms with van der Waals surface area (Å²) in [6, 6.07) is 28.3. The molecule has 0 radical (unpaired) electrons. The van der Waals surface area contributed by atoms with Crippen LogP contribution in [0.3, 0.4) is 0 Å². The van der Waals surface area contributed by atoms with Gasteiger partial charge < -0.3 is 38.3 Å². The zero-order valence-corrected chi connectivity index (χ0v) is 32.0. The van der Waals surface area contributed by atoms with Crippen molar-refractivity contribution < 1.29 is 52.6 Å². The second-order valence-corrected chi connectivity index (χ2v) is 14.4. The lowest BCUT2D eigenvalue weighted by molar-refractivity contribution is -0.319. The molecule has 12 nitrogen and oxygen atoms in total. The number of ether oxygens (including phenoxy) is 7. The molecule has 0 saturated carbocycles. The molecule has 56 heavy (non-hydrogen) atoms. The highest BCUT2D eigenvalue weighted by Crippen LogP contribution is 2.32. The molecule has 3 aromatic carbocycles. The lowest BCUT2D eigenvalue weighted by Gasteiger charge is -2.45. The van der Waals surface area contributed by atoms with Gasteiger partial charge in [0.25, 0.3) is 0 Å². The Morgan fingerprint density at radius 1 is 0.839 bits per heavy atom. The number of rotatable bonds is 17. The van der Waals surface area contributed by atoms with Gasteiger partial charge in [-0.15, -0.1) is 0 Å². The standard InChI is InChI=1S/C44H51NO11/c1-29(2)35-28-54-44(49)45(35)42(48)34(24-30-14-7-4-8-15-30)38-36(47)22-21-33(55-38)20-13-23-51-41-40(53-27-32-18-11-6-12-19-32)39(37(25-46)56-43(41)50-3)52-26-31-16-9-5-10-17-31/h4-12,14-22,29,34-35,37-41,43,46H,13,23-28H2,1-3H3/t34-,35-,37+,38+,39+,40-,41-,43-/m0/s1. The van der Waals surface area contributed by atoms with Crippen molar-refractivity contribution in [3.63, 3.8) is 0 Å². The highest BCUT2D eigenvalue weighted by Gasteiger charge is 2.49. The summed E-state index contributed by atoms with van der Waals surface area (Å²) in [5.41, 5.74) is 2.73. The Hall–Kier alpha value is -4.69. The Bertz CT molecular complexity index is 1780. The van der Waals surface area contributed by atoms with E-state index in [1.807, 2.05) is 105 Å². The van der Waals surface area contributed by atoms with Gasteiger partial charge in [0.15, 0.2) is 18.2 Å². The van der Waals surface area contributed by atoms with Crippen molar-refractivity contribution in [2.24, 2.45) is 11.8 Å². The number of aliphatic hydroxyl groups excluding tert-OH is 1. The number of allylic oxidation sites excluding steroid dienone is 1. The van der Waals surface area contributed by atoms with E-state index in [2.05, 4.69) is 0 Å². The third-order valence-electron chi connectivity index (χ3n) is 10.2. The number of cyclic esters (lactones) is 1. The summed E-state index contributed by atoms with van der Waals surface area (Å²) in [6.07, 6.45) is -0.347. The number of imide groups is 1. The molecule has 12 heteroatoms. The Morgan fingerprint density at radius 2 is 1.45 bits per heavy atom. The van der Waals surface area contributed by atoms with E-state index in [1.165, 1.54) is 13.2 Å². The van der Waals surface area contributed by atoms with Gasteiger partial charge in [-0.3, -0.25) is 9.59 Å². The quantitative estimate of drug-likeness (QED) is 0.173. The number of hydrogen-bond donors (Lipinski definition) is 1. The summed E-state index contributed by atoms with van der Waals surface area (Å²) in [5, 5.41) is 10.4. The molecule has 3 heterocycles. The lowest BCUT2D eigenvalue weighted by atomic mass is 9.88. The molecule has 298 valence electrons. The monoisotopic (exact) mass is 769 g/mol. The molecular formula is C44H51NO11. The van der Waals surface area contributed by atoms with Crippen LogP contribution in [-0.4, -0.2) is 97.6 Å². The first-order valence-electron chi connectivity index (χ1n) is 19.1. The van der Waals surface area contributed by atoms with E-state index in [9.17, 15) is 19.5 Å². The Morgan fingerprint density at radius 3 is 2.04 bits per heavy atom. The second-order valence-electron chi connectivity index (χ2n) is 14.4. The number of carbonyl (C=O) groups excluding carboxylic acids is 3. The Labute approximate surface area is 327 Å².